The monoisotopic (exact) mass is 533 g/mol. The number of methoxy groups -OCH3 is 1. The first-order valence-corrected chi connectivity index (χ1v) is 12.0. The van der Waals surface area contributed by atoms with E-state index in [2.05, 4.69) is 20.6 Å². The molecule has 2 aliphatic heterocycles. The van der Waals surface area contributed by atoms with Gasteiger partial charge in [0.25, 0.3) is 5.66 Å². The van der Waals surface area contributed by atoms with E-state index in [0.29, 0.717) is 0 Å². The minimum Gasteiger partial charge on any atom is -0.375 e. The van der Waals surface area contributed by atoms with E-state index in [0.717, 1.165) is 40.0 Å². The number of imidazole rings is 1. The SMILES string of the molecule is COCC(=O)N1CCN(C2=CC(n3ccnc3)(C(F)(F)F)N=CN2)CC1C(=O)NCc1ccc(C)c(C)c1. The maximum Gasteiger partial charge on any atom is 0.436 e. The van der Waals surface area contributed by atoms with Crippen LogP contribution in [0.3, 0.4) is 0 Å². The Morgan fingerprint density at radius 1 is 1.24 bits per heavy atom. The quantitative estimate of drug-likeness (QED) is 0.561. The van der Waals surface area contributed by atoms with E-state index in [1.807, 2.05) is 32.0 Å². The van der Waals surface area contributed by atoms with E-state index in [9.17, 15) is 22.8 Å². The van der Waals surface area contributed by atoms with Gasteiger partial charge in [0.2, 0.25) is 11.8 Å². The topological polar surface area (TPSA) is 104 Å². The van der Waals surface area contributed by atoms with Crippen molar-refractivity contribution in [2.24, 2.45) is 4.99 Å². The predicted molar refractivity (Wildman–Crippen MR) is 133 cm³/mol. The Labute approximate surface area is 218 Å². The summed E-state index contributed by atoms with van der Waals surface area (Å²) in [5.74, 6) is -0.676. The van der Waals surface area contributed by atoms with Crippen LogP contribution in [0, 0.1) is 13.8 Å². The van der Waals surface area contributed by atoms with E-state index >= 15 is 0 Å². The molecule has 1 aromatic carbocycles. The molecule has 1 fully saturated rings. The predicted octanol–water partition coefficient (Wildman–Crippen LogP) is 1.66. The molecule has 13 heteroatoms. The molecule has 1 saturated heterocycles. The molecule has 2 N–H and O–H groups in total. The maximum atomic E-state index is 14.3. The first kappa shape index (κ1) is 27.2. The van der Waals surface area contributed by atoms with Gasteiger partial charge in [-0.05, 0) is 30.5 Å². The molecule has 1 aromatic heterocycles. The van der Waals surface area contributed by atoms with Crippen LogP contribution in [-0.4, -0.2) is 83.1 Å². The highest BCUT2D eigenvalue weighted by Crippen LogP contribution is 2.41. The van der Waals surface area contributed by atoms with E-state index in [-0.39, 0.29) is 44.5 Å². The number of nitrogens with zero attached hydrogens (tertiary/aromatic N) is 5. The van der Waals surface area contributed by atoms with Gasteiger partial charge in [-0.3, -0.25) is 9.59 Å². The van der Waals surface area contributed by atoms with Crippen molar-refractivity contribution in [3.8, 4) is 0 Å². The smallest absolute Gasteiger partial charge is 0.375 e. The van der Waals surface area contributed by atoms with Gasteiger partial charge in [0, 0.05) is 51.8 Å². The zero-order valence-electron chi connectivity index (χ0n) is 21.3. The molecule has 3 heterocycles. The van der Waals surface area contributed by atoms with Crippen LogP contribution in [0.4, 0.5) is 13.2 Å². The number of hydrogen-bond acceptors (Lipinski definition) is 7. The molecule has 0 radical (unpaired) electrons. The van der Waals surface area contributed by atoms with Crippen molar-refractivity contribution in [3.63, 3.8) is 0 Å². The van der Waals surface area contributed by atoms with Crippen LogP contribution in [-0.2, 0) is 26.5 Å². The van der Waals surface area contributed by atoms with Crippen LogP contribution in [0.5, 0.6) is 0 Å². The second-order valence-corrected chi connectivity index (χ2v) is 9.24. The Morgan fingerprint density at radius 3 is 2.68 bits per heavy atom. The van der Waals surface area contributed by atoms with Gasteiger partial charge in [0.1, 0.15) is 18.5 Å². The van der Waals surface area contributed by atoms with Crippen LogP contribution in [0.25, 0.3) is 0 Å². The Morgan fingerprint density at radius 2 is 2.03 bits per heavy atom. The molecule has 2 amide bonds. The van der Waals surface area contributed by atoms with Crippen LogP contribution in [0.2, 0.25) is 0 Å². The molecule has 0 spiro atoms. The zero-order valence-corrected chi connectivity index (χ0v) is 21.3. The minimum atomic E-state index is -4.77. The van der Waals surface area contributed by atoms with Crippen LogP contribution in [0.1, 0.15) is 16.7 Å². The number of hydrogen-bond donors (Lipinski definition) is 2. The van der Waals surface area contributed by atoms with Crippen LogP contribution >= 0.6 is 0 Å². The highest BCUT2D eigenvalue weighted by atomic mass is 19.4. The fraction of sp³-hybridized carbons (Fsp3) is 0.440. The largest absolute Gasteiger partial charge is 0.436 e. The number of nitrogens with one attached hydrogen (secondary N) is 2. The summed E-state index contributed by atoms with van der Waals surface area (Å²) in [7, 11) is 1.38. The molecule has 2 aliphatic rings. The summed E-state index contributed by atoms with van der Waals surface area (Å²) in [6, 6.07) is 4.89. The lowest BCUT2D eigenvalue weighted by Gasteiger charge is -2.43. The number of halogens is 3. The number of alkyl halides is 3. The van der Waals surface area contributed by atoms with Gasteiger partial charge in [-0.2, -0.15) is 13.2 Å². The molecule has 38 heavy (non-hydrogen) atoms. The summed E-state index contributed by atoms with van der Waals surface area (Å²) >= 11 is 0. The molecule has 2 atom stereocenters. The number of amides is 2. The summed E-state index contributed by atoms with van der Waals surface area (Å²) in [5.41, 5.74) is 0.406. The third-order valence-electron chi connectivity index (χ3n) is 6.78. The highest BCUT2D eigenvalue weighted by Gasteiger charge is 2.57. The number of carbonyl (C=O) groups is 2. The molecule has 2 unspecified atom stereocenters. The second-order valence-electron chi connectivity index (χ2n) is 9.24. The fourth-order valence-corrected chi connectivity index (χ4v) is 4.50. The Hall–Kier alpha value is -3.87. The Bertz CT molecular complexity index is 1230. The van der Waals surface area contributed by atoms with Gasteiger partial charge in [-0.25, -0.2) is 9.98 Å². The van der Waals surface area contributed by atoms with Crippen molar-refractivity contribution < 1.29 is 27.5 Å². The van der Waals surface area contributed by atoms with Crippen LogP contribution in [0.15, 0.2) is 53.8 Å². The zero-order chi connectivity index (χ0) is 27.5. The molecular formula is C25H30F3N7O3. The average molecular weight is 534 g/mol. The Balaban J connectivity index is 1.58. The van der Waals surface area contributed by atoms with Crippen LogP contribution < -0.4 is 10.6 Å². The molecule has 0 bridgehead atoms. The van der Waals surface area contributed by atoms with Gasteiger partial charge in [0.05, 0.1) is 12.7 Å². The number of piperazine rings is 1. The van der Waals surface area contributed by atoms with Crippen molar-refractivity contribution in [1.29, 1.82) is 0 Å². The summed E-state index contributed by atoms with van der Waals surface area (Å²) in [4.78, 5) is 36.5. The lowest BCUT2D eigenvalue weighted by atomic mass is 10.1. The molecule has 0 saturated carbocycles. The molecule has 204 valence electrons. The third kappa shape index (κ3) is 5.37. The fourth-order valence-electron chi connectivity index (χ4n) is 4.50. The van der Waals surface area contributed by atoms with Gasteiger partial charge in [-0.1, -0.05) is 18.2 Å². The van der Waals surface area contributed by atoms with Crippen molar-refractivity contribution >= 4 is 18.2 Å². The van der Waals surface area contributed by atoms with Crippen molar-refractivity contribution in [3.05, 3.63) is 65.5 Å². The second kappa shape index (κ2) is 10.9. The number of aliphatic imine (C=N–C) groups is 1. The van der Waals surface area contributed by atoms with E-state index < -0.39 is 23.8 Å². The number of aryl methyl sites for hydroxylation is 2. The average Bonchev–Trinajstić information content (AvgIpc) is 3.44. The lowest BCUT2D eigenvalue weighted by molar-refractivity contribution is -0.196. The van der Waals surface area contributed by atoms with E-state index in [1.54, 1.807) is 4.90 Å². The molecule has 4 rings (SSSR count). The third-order valence-corrected chi connectivity index (χ3v) is 6.78. The number of ether oxygens (including phenoxy) is 1. The number of benzene rings is 1. The number of rotatable bonds is 7. The lowest BCUT2D eigenvalue weighted by Crippen LogP contribution is -2.62. The van der Waals surface area contributed by atoms with Gasteiger partial charge in [-0.15, -0.1) is 0 Å². The molecule has 0 aliphatic carbocycles. The van der Waals surface area contributed by atoms with Gasteiger partial charge in [0.15, 0.2) is 0 Å². The first-order chi connectivity index (χ1) is 18.1. The highest BCUT2D eigenvalue weighted by molar-refractivity contribution is 5.88. The van der Waals surface area contributed by atoms with Crippen molar-refractivity contribution in [2.75, 3.05) is 33.4 Å². The molecular weight excluding hydrogens is 503 g/mol. The summed E-state index contributed by atoms with van der Waals surface area (Å²) < 4.78 is 48.7. The minimum absolute atomic E-state index is 0.0290. The van der Waals surface area contributed by atoms with Crippen molar-refractivity contribution in [1.82, 2.24) is 30.0 Å². The molecule has 10 nitrogen and oxygen atoms in total. The number of aromatic nitrogens is 2. The van der Waals surface area contributed by atoms with Gasteiger partial charge < -0.3 is 29.7 Å². The molecule has 2 aromatic rings. The first-order valence-electron chi connectivity index (χ1n) is 12.0. The summed E-state index contributed by atoms with van der Waals surface area (Å²) in [5, 5.41) is 5.65. The van der Waals surface area contributed by atoms with Gasteiger partial charge >= 0.3 is 6.18 Å². The van der Waals surface area contributed by atoms with Crippen molar-refractivity contribution in [2.45, 2.75) is 38.3 Å². The maximum absolute atomic E-state index is 14.3. The summed E-state index contributed by atoms with van der Waals surface area (Å²) in [6.45, 7) is 4.28. The number of carbonyl (C=O) groups excluding carboxylic acids is 2. The standard InChI is InChI=1S/C25H30F3N7O3/c1-17-4-5-19(10-18(17)2)12-30-23(37)20-13-33(8-9-35(20)22(36)14-38-3)21-11-24(25(26,27)28,32-15-31-21)34-7-6-29-16-34/h4-7,10-11,15-16,20H,8-9,12-14H2,1-3H3,(H,30,37)(H,31,32). The Kier molecular flexibility index (Phi) is 7.76. The van der Waals surface area contributed by atoms with E-state index in [4.69, 9.17) is 4.74 Å². The summed E-state index contributed by atoms with van der Waals surface area (Å²) in [6.07, 6.45) is 0.667. The normalized spacial score (nSPS) is 21.6. The van der Waals surface area contributed by atoms with E-state index in [1.165, 1.54) is 24.4 Å².